The lowest BCUT2D eigenvalue weighted by Gasteiger charge is -2.26. The summed E-state index contributed by atoms with van der Waals surface area (Å²) in [5.41, 5.74) is 7.03. The van der Waals surface area contributed by atoms with Crippen molar-refractivity contribution in [1.82, 2.24) is 4.98 Å². The minimum absolute atomic E-state index is 0. The molecule has 98 valence electrons. The molecule has 0 amide bonds. The zero-order chi connectivity index (χ0) is 10.5. The van der Waals surface area contributed by atoms with Gasteiger partial charge < -0.3 is 10.5 Å². The van der Waals surface area contributed by atoms with E-state index in [1.165, 1.54) is 5.56 Å². The monoisotopic (exact) mass is 278 g/mol. The van der Waals surface area contributed by atoms with E-state index in [-0.39, 0.29) is 24.8 Å². The molecule has 1 aliphatic carbocycles. The van der Waals surface area contributed by atoms with Crippen LogP contribution in [0.25, 0.3) is 0 Å². The van der Waals surface area contributed by atoms with Crippen molar-refractivity contribution in [1.29, 1.82) is 0 Å². The number of hydrogen-bond acceptors (Lipinski definition) is 3. The molecule has 1 heterocycles. The summed E-state index contributed by atoms with van der Waals surface area (Å²) >= 11 is 0. The largest absolute Gasteiger partial charge is 0.374 e. The van der Waals surface area contributed by atoms with Crippen LogP contribution >= 0.6 is 24.8 Å². The van der Waals surface area contributed by atoms with Gasteiger partial charge in [0.1, 0.15) is 0 Å². The summed E-state index contributed by atoms with van der Waals surface area (Å²) < 4.78 is 5.83. The lowest BCUT2D eigenvalue weighted by molar-refractivity contribution is 0.0138. The Morgan fingerprint density at radius 1 is 1.12 bits per heavy atom. The predicted octanol–water partition coefficient (Wildman–Crippen LogP) is 2.71. The van der Waals surface area contributed by atoms with E-state index < -0.39 is 0 Å². The first kappa shape index (κ1) is 16.6. The third-order valence-corrected chi connectivity index (χ3v) is 2.95. The quantitative estimate of drug-likeness (QED) is 0.925. The molecule has 1 aliphatic rings. The van der Waals surface area contributed by atoms with Crippen molar-refractivity contribution >= 4 is 24.8 Å². The van der Waals surface area contributed by atoms with Crippen LogP contribution in [0.3, 0.4) is 0 Å². The predicted molar refractivity (Wildman–Crippen MR) is 73.8 cm³/mol. The van der Waals surface area contributed by atoms with Crippen molar-refractivity contribution in [2.45, 2.75) is 44.4 Å². The van der Waals surface area contributed by atoms with Gasteiger partial charge in [-0.3, -0.25) is 4.98 Å². The lowest BCUT2D eigenvalue weighted by atomic mass is 9.94. The van der Waals surface area contributed by atoms with Crippen LogP contribution in [0.2, 0.25) is 0 Å². The maximum absolute atomic E-state index is 5.84. The van der Waals surface area contributed by atoms with Gasteiger partial charge in [-0.25, -0.2) is 0 Å². The minimum atomic E-state index is 0. The Bertz CT molecular complexity index is 290. The number of aromatic nitrogens is 1. The molecule has 0 radical (unpaired) electrons. The highest BCUT2D eigenvalue weighted by molar-refractivity contribution is 5.85. The highest BCUT2D eigenvalue weighted by Crippen LogP contribution is 2.20. The van der Waals surface area contributed by atoms with Gasteiger partial charge in [-0.2, -0.15) is 0 Å². The molecule has 0 spiro atoms. The summed E-state index contributed by atoms with van der Waals surface area (Å²) in [5, 5.41) is 0. The summed E-state index contributed by atoms with van der Waals surface area (Å²) in [6.07, 6.45) is 8.41. The van der Waals surface area contributed by atoms with Crippen LogP contribution in [0.5, 0.6) is 0 Å². The summed E-state index contributed by atoms with van der Waals surface area (Å²) in [7, 11) is 0. The van der Waals surface area contributed by atoms with Crippen molar-refractivity contribution in [2.24, 2.45) is 5.73 Å². The van der Waals surface area contributed by atoms with Crippen molar-refractivity contribution in [3.05, 3.63) is 30.1 Å². The molecular weight excluding hydrogens is 259 g/mol. The molecule has 5 heteroatoms. The summed E-state index contributed by atoms with van der Waals surface area (Å²) in [4.78, 5) is 3.98. The molecule has 2 N–H and O–H groups in total. The molecule has 0 saturated heterocycles. The second-order valence-electron chi connectivity index (χ2n) is 4.20. The Hall–Kier alpha value is -0.350. The van der Waals surface area contributed by atoms with E-state index in [0.29, 0.717) is 18.8 Å². The first-order valence-corrected chi connectivity index (χ1v) is 5.60. The van der Waals surface area contributed by atoms with Gasteiger partial charge in [-0.1, -0.05) is 0 Å². The molecule has 0 bridgehead atoms. The van der Waals surface area contributed by atoms with Crippen LogP contribution < -0.4 is 5.73 Å². The third-order valence-electron chi connectivity index (χ3n) is 2.95. The van der Waals surface area contributed by atoms with Crippen LogP contribution in [0.1, 0.15) is 31.2 Å². The molecule has 2 rings (SSSR count). The van der Waals surface area contributed by atoms with Crippen LogP contribution in [-0.2, 0) is 11.3 Å². The van der Waals surface area contributed by atoms with E-state index in [2.05, 4.69) is 4.98 Å². The maximum Gasteiger partial charge on any atom is 0.0721 e. The Morgan fingerprint density at radius 3 is 2.29 bits per heavy atom. The van der Waals surface area contributed by atoms with Gasteiger partial charge in [0.25, 0.3) is 0 Å². The molecule has 1 aromatic heterocycles. The number of ether oxygens (including phenoxy) is 1. The highest BCUT2D eigenvalue weighted by atomic mass is 35.5. The van der Waals surface area contributed by atoms with E-state index in [9.17, 15) is 0 Å². The first-order valence-electron chi connectivity index (χ1n) is 5.60. The minimum Gasteiger partial charge on any atom is -0.374 e. The summed E-state index contributed by atoms with van der Waals surface area (Å²) in [6.45, 7) is 0.697. The van der Waals surface area contributed by atoms with Gasteiger partial charge in [0.15, 0.2) is 0 Å². The second kappa shape index (κ2) is 8.70. The third kappa shape index (κ3) is 5.68. The van der Waals surface area contributed by atoms with Crippen LogP contribution in [0, 0.1) is 0 Å². The summed E-state index contributed by atoms with van der Waals surface area (Å²) in [6, 6.07) is 4.38. The number of rotatable bonds is 3. The van der Waals surface area contributed by atoms with Crippen molar-refractivity contribution in [3.8, 4) is 0 Å². The van der Waals surface area contributed by atoms with Crippen LogP contribution in [0.4, 0.5) is 0 Å². The molecule has 3 nitrogen and oxygen atoms in total. The Balaban J connectivity index is 0.00000128. The molecule has 1 fully saturated rings. The lowest BCUT2D eigenvalue weighted by Crippen LogP contribution is -2.30. The van der Waals surface area contributed by atoms with E-state index >= 15 is 0 Å². The molecule has 1 aromatic rings. The maximum atomic E-state index is 5.84. The zero-order valence-corrected chi connectivity index (χ0v) is 11.4. The number of nitrogens with zero attached hydrogens (tertiary/aromatic N) is 1. The average molecular weight is 279 g/mol. The van der Waals surface area contributed by atoms with E-state index in [4.69, 9.17) is 10.5 Å². The molecule has 17 heavy (non-hydrogen) atoms. The van der Waals surface area contributed by atoms with Gasteiger partial charge in [-0.15, -0.1) is 24.8 Å². The van der Waals surface area contributed by atoms with Crippen LogP contribution in [-0.4, -0.2) is 17.1 Å². The molecule has 0 aliphatic heterocycles. The normalized spacial score (nSPS) is 23.4. The topological polar surface area (TPSA) is 48.1 Å². The first-order chi connectivity index (χ1) is 7.34. The van der Waals surface area contributed by atoms with Gasteiger partial charge in [-0.05, 0) is 43.4 Å². The fraction of sp³-hybridized carbons (Fsp3) is 0.583. The molecular formula is C12H20Cl2N2O. The Morgan fingerprint density at radius 2 is 1.71 bits per heavy atom. The second-order valence-corrected chi connectivity index (χ2v) is 4.20. The number of nitrogens with two attached hydrogens (primary N) is 1. The van der Waals surface area contributed by atoms with E-state index in [1.807, 2.05) is 12.1 Å². The zero-order valence-electron chi connectivity index (χ0n) is 9.75. The van der Waals surface area contributed by atoms with Crippen molar-refractivity contribution in [2.75, 3.05) is 0 Å². The van der Waals surface area contributed by atoms with Gasteiger partial charge in [0, 0.05) is 18.4 Å². The average Bonchev–Trinajstić information content (AvgIpc) is 2.30. The molecule has 0 atom stereocenters. The van der Waals surface area contributed by atoms with E-state index in [1.54, 1.807) is 12.4 Å². The molecule has 0 aromatic carbocycles. The fourth-order valence-corrected chi connectivity index (χ4v) is 1.95. The van der Waals surface area contributed by atoms with Crippen molar-refractivity contribution in [3.63, 3.8) is 0 Å². The SMILES string of the molecule is Cl.Cl.NC1CCC(OCc2ccncc2)CC1. The van der Waals surface area contributed by atoms with Crippen molar-refractivity contribution < 1.29 is 4.74 Å². The molecule has 0 unspecified atom stereocenters. The Kier molecular flexibility index (Phi) is 8.52. The van der Waals surface area contributed by atoms with Crippen LogP contribution in [0.15, 0.2) is 24.5 Å². The fourth-order valence-electron chi connectivity index (χ4n) is 1.95. The number of hydrogen-bond donors (Lipinski definition) is 1. The van der Waals surface area contributed by atoms with Gasteiger partial charge in [0.2, 0.25) is 0 Å². The number of pyridine rings is 1. The smallest absolute Gasteiger partial charge is 0.0721 e. The Labute approximate surface area is 115 Å². The summed E-state index contributed by atoms with van der Waals surface area (Å²) in [5.74, 6) is 0. The number of halogens is 2. The highest BCUT2D eigenvalue weighted by Gasteiger charge is 2.18. The van der Waals surface area contributed by atoms with Gasteiger partial charge in [0.05, 0.1) is 12.7 Å². The standard InChI is InChI=1S/C12H18N2O.2ClH/c13-11-1-3-12(4-2-11)15-9-10-5-7-14-8-6-10;;/h5-8,11-12H,1-4,9,13H2;2*1H. The van der Waals surface area contributed by atoms with E-state index in [0.717, 1.165) is 25.7 Å². The molecule has 1 saturated carbocycles. The van der Waals surface area contributed by atoms with Gasteiger partial charge >= 0.3 is 0 Å².